The minimum atomic E-state index is -0.162. The molecule has 4 heteroatoms. The molecular weight excluding hydrogens is 350 g/mol. The first kappa shape index (κ1) is 18.2. The number of carbonyl (C=O) groups is 2. The van der Waals surface area contributed by atoms with Gasteiger partial charge in [-0.2, -0.15) is 0 Å². The molecule has 2 aliphatic rings. The standard InChI is InChI=1S/C24H23NO3/c1-28-20-14-12-19(13-15-20)25-21-8-5-9-22(26)24(21)18(16-23(25)27)11-10-17-6-3-2-4-7-17/h2-4,6-7,10-15,18H,5,8-9,16H2,1H3/b11-10+. The molecule has 1 amide bonds. The Hall–Kier alpha value is -3.14. The number of Topliss-reactive ketones (excluding diaryl/α,β-unsaturated/α-hetero) is 1. The van der Waals surface area contributed by atoms with Gasteiger partial charge >= 0.3 is 0 Å². The van der Waals surface area contributed by atoms with Crippen LogP contribution in [0, 0.1) is 5.92 Å². The molecular formula is C24H23NO3. The number of benzene rings is 2. The number of ether oxygens (including phenoxy) is 1. The highest BCUT2D eigenvalue weighted by atomic mass is 16.5. The number of ketones is 1. The topological polar surface area (TPSA) is 46.6 Å². The lowest BCUT2D eigenvalue weighted by Crippen LogP contribution is -2.40. The van der Waals surface area contributed by atoms with E-state index in [9.17, 15) is 9.59 Å². The molecule has 0 fully saturated rings. The molecule has 142 valence electrons. The number of hydrogen-bond acceptors (Lipinski definition) is 3. The highest BCUT2D eigenvalue weighted by Gasteiger charge is 2.37. The summed E-state index contributed by atoms with van der Waals surface area (Å²) in [6.07, 6.45) is 6.41. The molecule has 1 heterocycles. The van der Waals surface area contributed by atoms with E-state index in [0.717, 1.165) is 41.1 Å². The zero-order valence-corrected chi connectivity index (χ0v) is 15.9. The van der Waals surface area contributed by atoms with Crippen molar-refractivity contribution in [2.45, 2.75) is 25.7 Å². The second-order valence-corrected chi connectivity index (χ2v) is 7.14. The average Bonchev–Trinajstić information content (AvgIpc) is 2.73. The summed E-state index contributed by atoms with van der Waals surface area (Å²) < 4.78 is 5.22. The predicted molar refractivity (Wildman–Crippen MR) is 110 cm³/mol. The van der Waals surface area contributed by atoms with E-state index in [1.165, 1.54) is 0 Å². The second kappa shape index (κ2) is 7.85. The van der Waals surface area contributed by atoms with Gasteiger partial charge in [0.1, 0.15) is 5.75 Å². The lowest BCUT2D eigenvalue weighted by molar-refractivity contribution is -0.120. The van der Waals surface area contributed by atoms with E-state index in [1.54, 1.807) is 12.0 Å². The van der Waals surface area contributed by atoms with Gasteiger partial charge in [0.15, 0.2) is 5.78 Å². The van der Waals surface area contributed by atoms with Crippen LogP contribution in [0.25, 0.3) is 6.08 Å². The lowest BCUT2D eigenvalue weighted by atomic mass is 9.80. The number of carbonyl (C=O) groups excluding carboxylic acids is 2. The first-order valence-corrected chi connectivity index (χ1v) is 9.64. The fourth-order valence-corrected chi connectivity index (χ4v) is 4.02. The third kappa shape index (κ3) is 3.50. The summed E-state index contributed by atoms with van der Waals surface area (Å²) in [5, 5.41) is 0. The quantitative estimate of drug-likeness (QED) is 0.776. The molecule has 0 N–H and O–H groups in total. The van der Waals surface area contributed by atoms with Crippen LogP contribution in [0.5, 0.6) is 5.75 Å². The van der Waals surface area contributed by atoms with Crippen LogP contribution in [0.2, 0.25) is 0 Å². The fourth-order valence-electron chi connectivity index (χ4n) is 4.02. The first-order valence-electron chi connectivity index (χ1n) is 9.64. The number of rotatable bonds is 4. The maximum Gasteiger partial charge on any atom is 0.232 e. The van der Waals surface area contributed by atoms with Crippen LogP contribution in [0.3, 0.4) is 0 Å². The molecule has 4 nitrogen and oxygen atoms in total. The highest BCUT2D eigenvalue weighted by molar-refractivity contribution is 6.06. The number of allylic oxidation sites excluding steroid dienone is 3. The first-order chi connectivity index (χ1) is 13.7. The molecule has 1 atom stereocenters. The third-order valence-electron chi connectivity index (χ3n) is 5.36. The summed E-state index contributed by atoms with van der Waals surface area (Å²) in [5.41, 5.74) is 3.52. The van der Waals surface area contributed by atoms with Gasteiger partial charge in [0.2, 0.25) is 5.91 Å². The van der Waals surface area contributed by atoms with Crippen LogP contribution >= 0.6 is 0 Å². The second-order valence-electron chi connectivity index (χ2n) is 7.14. The summed E-state index contributed by atoms with van der Waals surface area (Å²) in [4.78, 5) is 27.6. The van der Waals surface area contributed by atoms with Gasteiger partial charge in [0, 0.05) is 35.7 Å². The summed E-state index contributed by atoms with van der Waals surface area (Å²) >= 11 is 0. The SMILES string of the molecule is COc1ccc(N2C(=O)CC(/C=C/c3ccccc3)C3=C2CCCC3=O)cc1. The van der Waals surface area contributed by atoms with Crippen molar-refractivity contribution >= 4 is 23.5 Å². The Labute approximate surface area is 165 Å². The number of methoxy groups -OCH3 is 1. The van der Waals surface area contributed by atoms with Crippen molar-refractivity contribution in [3.63, 3.8) is 0 Å². The molecule has 0 spiro atoms. The lowest BCUT2D eigenvalue weighted by Gasteiger charge is -2.37. The van der Waals surface area contributed by atoms with Crippen molar-refractivity contribution < 1.29 is 14.3 Å². The van der Waals surface area contributed by atoms with Crippen molar-refractivity contribution in [3.05, 3.63) is 77.5 Å². The van der Waals surface area contributed by atoms with Gasteiger partial charge in [-0.25, -0.2) is 0 Å². The summed E-state index contributed by atoms with van der Waals surface area (Å²) in [5.74, 6) is 0.770. The average molecular weight is 373 g/mol. The minimum absolute atomic E-state index is 0.0290. The van der Waals surface area contributed by atoms with Gasteiger partial charge in [0.25, 0.3) is 0 Å². The Morgan fingerprint density at radius 3 is 2.46 bits per heavy atom. The number of hydrogen-bond donors (Lipinski definition) is 0. The Balaban J connectivity index is 1.72. The molecule has 0 saturated heterocycles. The molecule has 4 rings (SSSR count). The van der Waals surface area contributed by atoms with Crippen LogP contribution in [0.4, 0.5) is 5.69 Å². The van der Waals surface area contributed by atoms with Crippen LogP contribution in [0.15, 0.2) is 71.9 Å². The highest BCUT2D eigenvalue weighted by Crippen LogP contribution is 2.40. The van der Waals surface area contributed by atoms with Gasteiger partial charge in [0.05, 0.1) is 7.11 Å². The zero-order valence-electron chi connectivity index (χ0n) is 15.9. The van der Waals surface area contributed by atoms with E-state index >= 15 is 0 Å². The van der Waals surface area contributed by atoms with E-state index in [-0.39, 0.29) is 17.6 Å². The Morgan fingerprint density at radius 1 is 1.00 bits per heavy atom. The molecule has 0 bridgehead atoms. The van der Waals surface area contributed by atoms with Crippen molar-refractivity contribution in [2.75, 3.05) is 12.0 Å². The molecule has 1 unspecified atom stereocenters. The smallest absolute Gasteiger partial charge is 0.232 e. The van der Waals surface area contributed by atoms with Crippen molar-refractivity contribution in [1.82, 2.24) is 0 Å². The van der Waals surface area contributed by atoms with Crippen molar-refractivity contribution in [1.29, 1.82) is 0 Å². The molecule has 0 saturated carbocycles. The number of amides is 1. The summed E-state index contributed by atoms with van der Waals surface area (Å²) in [6, 6.07) is 17.4. The maximum absolute atomic E-state index is 13.0. The maximum atomic E-state index is 13.0. The number of nitrogens with zero attached hydrogens (tertiary/aromatic N) is 1. The van der Waals surface area contributed by atoms with Gasteiger partial charge in [-0.15, -0.1) is 0 Å². The normalized spacial score (nSPS) is 19.9. The van der Waals surface area contributed by atoms with Gasteiger partial charge in [-0.1, -0.05) is 42.5 Å². The molecule has 1 aliphatic carbocycles. The zero-order chi connectivity index (χ0) is 19.5. The molecule has 0 aromatic heterocycles. The van der Waals surface area contributed by atoms with E-state index < -0.39 is 0 Å². The molecule has 0 radical (unpaired) electrons. The number of anilines is 1. The van der Waals surface area contributed by atoms with Crippen LogP contribution in [-0.2, 0) is 9.59 Å². The van der Waals surface area contributed by atoms with Gasteiger partial charge < -0.3 is 4.74 Å². The largest absolute Gasteiger partial charge is 0.497 e. The monoisotopic (exact) mass is 373 g/mol. The summed E-state index contributed by atoms with van der Waals surface area (Å²) in [6.45, 7) is 0. The summed E-state index contributed by atoms with van der Waals surface area (Å²) in [7, 11) is 1.62. The molecule has 2 aromatic rings. The van der Waals surface area contributed by atoms with E-state index in [4.69, 9.17) is 4.74 Å². The van der Waals surface area contributed by atoms with Crippen LogP contribution in [-0.4, -0.2) is 18.8 Å². The van der Waals surface area contributed by atoms with Gasteiger partial charge in [-0.3, -0.25) is 14.5 Å². The van der Waals surface area contributed by atoms with Crippen LogP contribution in [0.1, 0.15) is 31.2 Å². The molecule has 1 aliphatic heterocycles. The van der Waals surface area contributed by atoms with E-state index in [0.29, 0.717) is 12.8 Å². The van der Waals surface area contributed by atoms with Crippen molar-refractivity contribution in [3.8, 4) is 5.75 Å². The fraction of sp³-hybridized carbons (Fsp3) is 0.250. The van der Waals surface area contributed by atoms with E-state index in [1.807, 2.05) is 66.7 Å². The Bertz CT molecular complexity index is 942. The van der Waals surface area contributed by atoms with Gasteiger partial charge in [-0.05, 0) is 42.7 Å². The predicted octanol–water partition coefficient (Wildman–Crippen LogP) is 4.77. The molecule has 2 aromatic carbocycles. The Kier molecular flexibility index (Phi) is 5.11. The van der Waals surface area contributed by atoms with Crippen LogP contribution < -0.4 is 9.64 Å². The third-order valence-corrected chi connectivity index (χ3v) is 5.36. The Morgan fingerprint density at radius 2 is 1.75 bits per heavy atom. The minimum Gasteiger partial charge on any atom is -0.497 e. The van der Waals surface area contributed by atoms with Crippen molar-refractivity contribution in [2.24, 2.45) is 5.92 Å². The van der Waals surface area contributed by atoms with E-state index in [2.05, 4.69) is 0 Å². The molecule has 28 heavy (non-hydrogen) atoms.